The molecule has 14 heavy (non-hydrogen) atoms. The minimum absolute atomic E-state index is 0.286. The Balaban J connectivity index is 2.00. The highest BCUT2D eigenvalue weighted by molar-refractivity contribution is 5.43. The zero-order valence-corrected chi connectivity index (χ0v) is 8.29. The van der Waals surface area contributed by atoms with Gasteiger partial charge in [0, 0.05) is 6.42 Å². The molecule has 2 aliphatic rings. The average molecular weight is 190 g/mol. The van der Waals surface area contributed by atoms with E-state index in [0.717, 1.165) is 30.6 Å². The fourth-order valence-electron chi connectivity index (χ4n) is 2.12. The van der Waals surface area contributed by atoms with E-state index in [0.29, 0.717) is 0 Å². The molecular weight excluding hydrogens is 176 g/mol. The lowest BCUT2D eigenvalue weighted by molar-refractivity contribution is 0.151. The fourth-order valence-corrected chi connectivity index (χ4v) is 2.12. The van der Waals surface area contributed by atoms with Crippen LogP contribution < -0.4 is 4.74 Å². The van der Waals surface area contributed by atoms with Gasteiger partial charge in [0.2, 0.25) is 0 Å². The Labute approximate surface area is 83.5 Å². The van der Waals surface area contributed by atoms with Crippen LogP contribution in [-0.2, 0) is 12.0 Å². The van der Waals surface area contributed by atoms with Gasteiger partial charge in [-0.25, -0.2) is 0 Å². The first-order chi connectivity index (χ1) is 6.67. The minimum atomic E-state index is -0.513. The summed E-state index contributed by atoms with van der Waals surface area (Å²) in [5, 5.41) is 9.96. The molecule has 1 unspecified atom stereocenters. The standard InChI is InChI=1S/C12H14O2/c1-8-6-9-7-10(12(13)4-5-12)2-3-11(9)14-8/h2-3,7-8,13H,4-6H2,1H3. The van der Waals surface area contributed by atoms with E-state index < -0.39 is 5.60 Å². The molecule has 1 aliphatic heterocycles. The van der Waals surface area contributed by atoms with Crippen molar-refractivity contribution in [3.8, 4) is 5.75 Å². The van der Waals surface area contributed by atoms with Crippen LogP contribution in [0.15, 0.2) is 18.2 Å². The third kappa shape index (κ3) is 1.14. The van der Waals surface area contributed by atoms with Gasteiger partial charge in [0.1, 0.15) is 11.9 Å². The van der Waals surface area contributed by atoms with Crippen molar-refractivity contribution in [1.82, 2.24) is 0 Å². The number of aliphatic hydroxyl groups is 1. The van der Waals surface area contributed by atoms with Crippen molar-refractivity contribution < 1.29 is 9.84 Å². The predicted octanol–water partition coefficient (Wildman–Crippen LogP) is 1.99. The van der Waals surface area contributed by atoms with E-state index in [1.165, 1.54) is 5.56 Å². The number of benzene rings is 1. The molecule has 0 aromatic heterocycles. The van der Waals surface area contributed by atoms with Gasteiger partial charge < -0.3 is 9.84 Å². The third-order valence-electron chi connectivity index (χ3n) is 3.16. The highest BCUT2D eigenvalue weighted by Gasteiger charge is 2.42. The molecule has 2 heteroatoms. The zero-order valence-electron chi connectivity index (χ0n) is 8.29. The summed E-state index contributed by atoms with van der Waals surface area (Å²) in [5.41, 5.74) is 1.80. The number of ether oxygens (including phenoxy) is 1. The van der Waals surface area contributed by atoms with Gasteiger partial charge in [-0.3, -0.25) is 0 Å². The van der Waals surface area contributed by atoms with Crippen LogP contribution in [-0.4, -0.2) is 11.2 Å². The van der Waals surface area contributed by atoms with Crippen LogP contribution in [0.4, 0.5) is 0 Å². The zero-order chi connectivity index (χ0) is 9.76. The summed E-state index contributed by atoms with van der Waals surface area (Å²) in [6.07, 6.45) is 3.07. The van der Waals surface area contributed by atoms with Crippen LogP contribution in [0.25, 0.3) is 0 Å². The van der Waals surface area contributed by atoms with E-state index >= 15 is 0 Å². The van der Waals surface area contributed by atoms with Crippen LogP contribution in [0.5, 0.6) is 5.75 Å². The average Bonchev–Trinajstić information content (AvgIpc) is 2.79. The molecule has 1 saturated carbocycles. The molecule has 1 aromatic carbocycles. The summed E-state index contributed by atoms with van der Waals surface area (Å²) in [4.78, 5) is 0. The molecule has 1 atom stereocenters. The van der Waals surface area contributed by atoms with E-state index in [1.54, 1.807) is 0 Å². The highest BCUT2D eigenvalue weighted by Crippen LogP contribution is 2.46. The van der Waals surface area contributed by atoms with Gasteiger partial charge in [0.05, 0.1) is 5.60 Å². The molecular formula is C12H14O2. The molecule has 2 nitrogen and oxygen atoms in total. The van der Waals surface area contributed by atoms with Gasteiger partial charge in [0.25, 0.3) is 0 Å². The predicted molar refractivity (Wildman–Crippen MR) is 53.4 cm³/mol. The highest BCUT2D eigenvalue weighted by atomic mass is 16.5. The van der Waals surface area contributed by atoms with Crippen molar-refractivity contribution in [2.24, 2.45) is 0 Å². The molecule has 1 aliphatic carbocycles. The maximum Gasteiger partial charge on any atom is 0.123 e. The van der Waals surface area contributed by atoms with E-state index in [4.69, 9.17) is 4.74 Å². The Bertz CT molecular complexity index is 380. The molecule has 0 bridgehead atoms. The van der Waals surface area contributed by atoms with Crippen LogP contribution >= 0.6 is 0 Å². The van der Waals surface area contributed by atoms with Crippen LogP contribution in [0.2, 0.25) is 0 Å². The van der Waals surface area contributed by atoms with Crippen molar-refractivity contribution in [1.29, 1.82) is 0 Å². The lowest BCUT2D eigenvalue weighted by Crippen LogP contribution is -2.05. The molecule has 74 valence electrons. The summed E-state index contributed by atoms with van der Waals surface area (Å²) in [7, 11) is 0. The Morgan fingerprint density at radius 1 is 1.43 bits per heavy atom. The summed E-state index contributed by atoms with van der Waals surface area (Å²) < 4.78 is 5.61. The molecule has 1 heterocycles. The first-order valence-electron chi connectivity index (χ1n) is 5.20. The van der Waals surface area contributed by atoms with E-state index in [-0.39, 0.29) is 6.10 Å². The van der Waals surface area contributed by atoms with Gasteiger partial charge >= 0.3 is 0 Å². The van der Waals surface area contributed by atoms with Crippen molar-refractivity contribution in [2.45, 2.75) is 37.9 Å². The molecule has 0 spiro atoms. The van der Waals surface area contributed by atoms with E-state index in [9.17, 15) is 5.11 Å². The second kappa shape index (κ2) is 2.51. The Morgan fingerprint density at radius 3 is 2.93 bits per heavy atom. The SMILES string of the molecule is CC1Cc2cc(C3(O)CC3)ccc2O1. The third-order valence-corrected chi connectivity index (χ3v) is 3.16. The number of hydrogen-bond acceptors (Lipinski definition) is 2. The first-order valence-corrected chi connectivity index (χ1v) is 5.20. The number of fused-ring (bicyclic) bond motifs is 1. The van der Waals surface area contributed by atoms with Gasteiger partial charge in [-0.15, -0.1) is 0 Å². The molecule has 0 amide bonds. The molecule has 0 radical (unpaired) electrons. The molecule has 1 N–H and O–H groups in total. The fraction of sp³-hybridized carbons (Fsp3) is 0.500. The quantitative estimate of drug-likeness (QED) is 0.733. The first kappa shape index (κ1) is 8.30. The summed E-state index contributed by atoms with van der Waals surface area (Å²) >= 11 is 0. The van der Waals surface area contributed by atoms with Crippen molar-refractivity contribution >= 4 is 0 Å². The summed E-state index contributed by atoms with van der Waals surface area (Å²) in [5.74, 6) is 0.991. The summed E-state index contributed by atoms with van der Waals surface area (Å²) in [6.45, 7) is 2.07. The Hall–Kier alpha value is -1.02. The second-order valence-corrected chi connectivity index (χ2v) is 4.49. The van der Waals surface area contributed by atoms with Crippen LogP contribution in [0.1, 0.15) is 30.9 Å². The maximum absolute atomic E-state index is 9.96. The lowest BCUT2D eigenvalue weighted by Gasteiger charge is -2.09. The van der Waals surface area contributed by atoms with E-state index in [2.05, 4.69) is 13.0 Å². The monoisotopic (exact) mass is 190 g/mol. The van der Waals surface area contributed by atoms with Crippen LogP contribution in [0, 0.1) is 0 Å². The van der Waals surface area contributed by atoms with Crippen molar-refractivity contribution in [3.05, 3.63) is 29.3 Å². The van der Waals surface area contributed by atoms with Crippen molar-refractivity contribution in [3.63, 3.8) is 0 Å². The molecule has 0 saturated heterocycles. The normalized spacial score (nSPS) is 26.9. The summed E-state index contributed by atoms with van der Waals surface area (Å²) in [6, 6.07) is 6.08. The molecule has 1 aromatic rings. The van der Waals surface area contributed by atoms with Gasteiger partial charge in [-0.1, -0.05) is 6.07 Å². The maximum atomic E-state index is 9.96. The smallest absolute Gasteiger partial charge is 0.123 e. The molecule has 3 rings (SSSR count). The second-order valence-electron chi connectivity index (χ2n) is 4.49. The van der Waals surface area contributed by atoms with Gasteiger partial charge in [-0.05, 0) is 43.0 Å². The lowest BCUT2D eigenvalue weighted by atomic mass is 10.0. The topological polar surface area (TPSA) is 29.5 Å². The van der Waals surface area contributed by atoms with E-state index in [1.807, 2.05) is 12.1 Å². The Morgan fingerprint density at radius 2 is 2.21 bits per heavy atom. The minimum Gasteiger partial charge on any atom is -0.490 e. The Kier molecular flexibility index (Phi) is 1.49. The van der Waals surface area contributed by atoms with Gasteiger partial charge in [0.15, 0.2) is 0 Å². The molecule has 1 fully saturated rings. The largest absolute Gasteiger partial charge is 0.490 e. The number of hydrogen-bond donors (Lipinski definition) is 1. The van der Waals surface area contributed by atoms with Gasteiger partial charge in [-0.2, -0.15) is 0 Å². The van der Waals surface area contributed by atoms with Crippen LogP contribution in [0.3, 0.4) is 0 Å². The van der Waals surface area contributed by atoms with Crippen molar-refractivity contribution in [2.75, 3.05) is 0 Å². The number of rotatable bonds is 1.